The number of rotatable bonds is 4. The fourth-order valence-electron chi connectivity index (χ4n) is 1.18. The molecule has 13 heavy (non-hydrogen) atoms. The summed E-state index contributed by atoms with van der Waals surface area (Å²) in [6.07, 6.45) is 4.68. The van der Waals surface area contributed by atoms with Crippen LogP contribution in [0.2, 0.25) is 0 Å². The van der Waals surface area contributed by atoms with Gasteiger partial charge in [-0.1, -0.05) is 6.92 Å². The normalized spacial score (nSPS) is 12.5. The summed E-state index contributed by atoms with van der Waals surface area (Å²) in [6.45, 7) is 4.83. The molecule has 3 heteroatoms. The molecule has 72 valence electrons. The van der Waals surface area contributed by atoms with Crippen LogP contribution in [0.3, 0.4) is 0 Å². The molecule has 0 fully saturated rings. The molecule has 1 aromatic heterocycles. The average molecular weight is 179 g/mol. The molecule has 3 N–H and O–H groups in total. The van der Waals surface area contributed by atoms with Crippen molar-refractivity contribution in [2.45, 2.75) is 26.3 Å². The summed E-state index contributed by atoms with van der Waals surface area (Å²) >= 11 is 0. The second kappa shape index (κ2) is 4.82. The van der Waals surface area contributed by atoms with Crippen LogP contribution in [-0.2, 0) is 0 Å². The fraction of sp³-hybridized carbons (Fsp3) is 0.500. The van der Waals surface area contributed by atoms with Gasteiger partial charge in [0, 0.05) is 30.7 Å². The van der Waals surface area contributed by atoms with Crippen molar-refractivity contribution in [1.82, 2.24) is 4.98 Å². The zero-order valence-corrected chi connectivity index (χ0v) is 8.25. The lowest BCUT2D eigenvalue weighted by Crippen LogP contribution is -2.28. The Morgan fingerprint density at radius 1 is 1.62 bits per heavy atom. The Morgan fingerprint density at radius 2 is 2.38 bits per heavy atom. The maximum atomic E-state index is 5.60. The van der Waals surface area contributed by atoms with E-state index in [4.69, 9.17) is 5.73 Å². The molecule has 0 aromatic carbocycles. The first kappa shape index (κ1) is 9.99. The summed E-state index contributed by atoms with van der Waals surface area (Å²) in [5, 5.41) is 3.38. The molecule has 1 heterocycles. The van der Waals surface area contributed by atoms with Crippen LogP contribution in [0, 0.1) is 6.92 Å². The molecule has 0 bridgehead atoms. The van der Waals surface area contributed by atoms with Gasteiger partial charge in [0.25, 0.3) is 0 Å². The monoisotopic (exact) mass is 179 g/mol. The number of aryl methyl sites for hydroxylation is 1. The Kier molecular flexibility index (Phi) is 3.71. The van der Waals surface area contributed by atoms with Crippen LogP contribution in [0.5, 0.6) is 0 Å². The zero-order chi connectivity index (χ0) is 9.68. The Balaban J connectivity index is 2.67. The molecule has 0 spiro atoms. The molecule has 1 aromatic rings. The second-order valence-electron chi connectivity index (χ2n) is 3.18. The van der Waals surface area contributed by atoms with Gasteiger partial charge < -0.3 is 11.1 Å². The standard InChI is InChI=1S/C10H17N3/c1-3-9(6-11)13-10-4-5-12-7-8(10)2/h4-5,7,9H,3,6,11H2,1-2H3,(H,12,13). The third-order valence-electron chi connectivity index (χ3n) is 2.16. The van der Waals surface area contributed by atoms with Crippen molar-refractivity contribution in [2.24, 2.45) is 5.73 Å². The molecule has 0 saturated carbocycles. The number of nitrogens with two attached hydrogens (primary N) is 1. The third kappa shape index (κ3) is 2.70. The van der Waals surface area contributed by atoms with E-state index in [0.717, 1.165) is 17.7 Å². The van der Waals surface area contributed by atoms with Gasteiger partial charge in [-0.3, -0.25) is 4.98 Å². The van der Waals surface area contributed by atoms with Crippen LogP contribution >= 0.6 is 0 Å². The molecule has 0 amide bonds. The van der Waals surface area contributed by atoms with E-state index in [-0.39, 0.29) is 0 Å². The van der Waals surface area contributed by atoms with Crippen LogP contribution < -0.4 is 11.1 Å². The predicted molar refractivity (Wildman–Crippen MR) is 55.7 cm³/mol. The van der Waals surface area contributed by atoms with Crippen LogP contribution in [0.1, 0.15) is 18.9 Å². The van der Waals surface area contributed by atoms with Gasteiger partial charge in [0.05, 0.1) is 0 Å². The van der Waals surface area contributed by atoms with Crippen molar-refractivity contribution >= 4 is 5.69 Å². The van der Waals surface area contributed by atoms with Gasteiger partial charge in [-0.15, -0.1) is 0 Å². The fourth-order valence-corrected chi connectivity index (χ4v) is 1.18. The summed E-state index contributed by atoms with van der Waals surface area (Å²) in [4.78, 5) is 4.03. The summed E-state index contributed by atoms with van der Waals surface area (Å²) in [7, 11) is 0. The highest BCUT2D eigenvalue weighted by molar-refractivity contribution is 5.49. The average Bonchev–Trinajstić information content (AvgIpc) is 2.17. The minimum absolute atomic E-state index is 0.362. The maximum absolute atomic E-state index is 5.60. The first-order valence-corrected chi connectivity index (χ1v) is 4.65. The minimum Gasteiger partial charge on any atom is -0.381 e. The summed E-state index contributed by atoms with van der Waals surface area (Å²) < 4.78 is 0. The summed E-state index contributed by atoms with van der Waals surface area (Å²) in [5.74, 6) is 0. The van der Waals surface area contributed by atoms with Gasteiger partial charge in [-0.2, -0.15) is 0 Å². The molecule has 3 nitrogen and oxygen atoms in total. The molecule has 0 aliphatic carbocycles. The molecule has 1 atom stereocenters. The van der Waals surface area contributed by atoms with E-state index in [1.807, 2.05) is 19.2 Å². The first-order valence-electron chi connectivity index (χ1n) is 4.65. The SMILES string of the molecule is CCC(CN)Nc1ccncc1C. The quantitative estimate of drug-likeness (QED) is 0.737. The third-order valence-corrected chi connectivity index (χ3v) is 2.16. The number of nitrogens with one attached hydrogen (secondary N) is 1. The van der Waals surface area contributed by atoms with Crippen molar-refractivity contribution in [2.75, 3.05) is 11.9 Å². The van der Waals surface area contributed by atoms with Crippen LogP contribution in [0.15, 0.2) is 18.5 Å². The second-order valence-corrected chi connectivity index (χ2v) is 3.18. The van der Waals surface area contributed by atoms with Gasteiger partial charge in [0.15, 0.2) is 0 Å². The van der Waals surface area contributed by atoms with E-state index in [1.165, 1.54) is 0 Å². The van der Waals surface area contributed by atoms with Crippen molar-refractivity contribution in [3.8, 4) is 0 Å². The van der Waals surface area contributed by atoms with E-state index >= 15 is 0 Å². The highest BCUT2D eigenvalue weighted by Gasteiger charge is 2.04. The highest BCUT2D eigenvalue weighted by atomic mass is 14.9. The van der Waals surface area contributed by atoms with Crippen LogP contribution in [-0.4, -0.2) is 17.6 Å². The van der Waals surface area contributed by atoms with Gasteiger partial charge in [-0.05, 0) is 25.0 Å². The van der Waals surface area contributed by atoms with Crippen molar-refractivity contribution in [1.29, 1.82) is 0 Å². The van der Waals surface area contributed by atoms with Crippen molar-refractivity contribution in [3.63, 3.8) is 0 Å². The van der Waals surface area contributed by atoms with E-state index in [1.54, 1.807) is 6.20 Å². The Hall–Kier alpha value is -1.09. The first-order chi connectivity index (χ1) is 6.27. The van der Waals surface area contributed by atoms with Gasteiger partial charge >= 0.3 is 0 Å². The van der Waals surface area contributed by atoms with E-state index < -0.39 is 0 Å². The Labute approximate surface area is 79.4 Å². The summed E-state index contributed by atoms with van der Waals surface area (Å²) in [6, 6.07) is 2.34. The van der Waals surface area contributed by atoms with Gasteiger partial charge in [0.1, 0.15) is 0 Å². The Bertz CT molecular complexity index is 256. The smallest absolute Gasteiger partial charge is 0.0403 e. The molecule has 0 aliphatic rings. The number of nitrogens with zero attached hydrogens (tertiary/aromatic N) is 1. The topological polar surface area (TPSA) is 50.9 Å². The lowest BCUT2D eigenvalue weighted by atomic mass is 10.2. The zero-order valence-electron chi connectivity index (χ0n) is 8.25. The van der Waals surface area contributed by atoms with Crippen LogP contribution in [0.25, 0.3) is 0 Å². The molecular formula is C10H17N3. The molecule has 1 rings (SSSR count). The van der Waals surface area contributed by atoms with Gasteiger partial charge in [-0.25, -0.2) is 0 Å². The molecule has 0 saturated heterocycles. The number of anilines is 1. The number of aromatic nitrogens is 1. The molecule has 0 radical (unpaired) electrons. The largest absolute Gasteiger partial charge is 0.381 e. The van der Waals surface area contributed by atoms with Crippen LogP contribution in [0.4, 0.5) is 5.69 Å². The summed E-state index contributed by atoms with van der Waals surface area (Å²) in [5.41, 5.74) is 7.90. The number of hydrogen-bond donors (Lipinski definition) is 2. The molecular weight excluding hydrogens is 162 g/mol. The van der Waals surface area contributed by atoms with Crippen molar-refractivity contribution in [3.05, 3.63) is 24.0 Å². The van der Waals surface area contributed by atoms with E-state index in [0.29, 0.717) is 12.6 Å². The van der Waals surface area contributed by atoms with E-state index in [9.17, 15) is 0 Å². The predicted octanol–water partition coefficient (Wildman–Crippen LogP) is 1.54. The lowest BCUT2D eigenvalue weighted by molar-refractivity contribution is 0.703. The highest BCUT2D eigenvalue weighted by Crippen LogP contribution is 2.13. The maximum Gasteiger partial charge on any atom is 0.0403 e. The van der Waals surface area contributed by atoms with E-state index in [2.05, 4.69) is 17.2 Å². The molecule has 1 unspecified atom stereocenters. The number of pyridine rings is 1. The van der Waals surface area contributed by atoms with Gasteiger partial charge in [0.2, 0.25) is 0 Å². The minimum atomic E-state index is 0.362. The lowest BCUT2D eigenvalue weighted by Gasteiger charge is -2.17. The van der Waals surface area contributed by atoms with Crippen molar-refractivity contribution < 1.29 is 0 Å². The number of hydrogen-bond acceptors (Lipinski definition) is 3. The Morgan fingerprint density at radius 3 is 2.92 bits per heavy atom. The molecule has 0 aliphatic heterocycles.